The van der Waals surface area contributed by atoms with Gasteiger partial charge in [-0.25, -0.2) is 13.1 Å². The number of sulfonamides is 1. The second kappa shape index (κ2) is 5.78. The van der Waals surface area contributed by atoms with Crippen LogP contribution in [0.3, 0.4) is 0 Å². The summed E-state index contributed by atoms with van der Waals surface area (Å²) < 4.78 is 28.3. The lowest BCUT2D eigenvalue weighted by atomic mass is 9.78. The van der Waals surface area contributed by atoms with Gasteiger partial charge in [0.1, 0.15) is 4.21 Å². The van der Waals surface area contributed by atoms with Gasteiger partial charge in [0, 0.05) is 6.04 Å². The van der Waals surface area contributed by atoms with E-state index in [-0.39, 0.29) is 10.1 Å². The van der Waals surface area contributed by atoms with Crippen molar-refractivity contribution in [1.82, 2.24) is 4.72 Å². The first kappa shape index (κ1) is 16.2. The van der Waals surface area contributed by atoms with E-state index in [2.05, 4.69) is 4.72 Å². The third-order valence-electron chi connectivity index (χ3n) is 5.00. The lowest BCUT2D eigenvalue weighted by Crippen LogP contribution is -2.50. The Morgan fingerprint density at radius 1 is 1.32 bits per heavy atom. The van der Waals surface area contributed by atoms with Crippen LogP contribution in [0, 0.1) is 11.3 Å². The molecule has 2 unspecified atom stereocenters. The van der Waals surface area contributed by atoms with Crippen molar-refractivity contribution >= 4 is 38.9 Å². The number of fused-ring (bicyclic) bond motifs is 2. The first-order valence-electron chi connectivity index (χ1n) is 7.36. The van der Waals surface area contributed by atoms with Crippen molar-refractivity contribution in [3.63, 3.8) is 0 Å². The summed E-state index contributed by atoms with van der Waals surface area (Å²) in [7, 11) is -3.73. The molecule has 2 aliphatic rings. The van der Waals surface area contributed by atoms with Gasteiger partial charge in [0.05, 0.1) is 9.75 Å². The molecule has 2 N–H and O–H groups in total. The zero-order chi connectivity index (χ0) is 16.0. The van der Waals surface area contributed by atoms with E-state index in [1.807, 2.05) is 0 Å². The first-order chi connectivity index (χ1) is 10.3. The zero-order valence-electron chi connectivity index (χ0n) is 11.9. The summed E-state index contributed by atoms with van der Waals surface area (Å²) in [5.41, 5.74) is -0.963. The minimum Gasteiger partial charge on any atom is -0.481 e. The van der Waals surface area contributed by atoms with Crippen LogP contribution in [0.15, 0.2) is 16.3 Å². The summed E-state index contributed by atoms with van der Waals surface area (Å²) in [6.07, 6.45) is 4.54. The predicted molar refractivity (Wildman–Crippen MR) is 84.7 cm³/mol. The molecule has 3 rings (SSSR count). The lowest BCUT2D eigenvalue weighted by Gasteiger charge is -2.32. The number of hydrogen-bond acceptors (Lipinski definition) is 4. The Balaban J connectivity index is 1.94. The Morgan fingerprint density at radius 2 is 2.09 bits per heavy atom. The maximum absolute atomic E-state index is 12.6. The van der Waals surface area contributed by atoms with Crippen LogP contribution in [0.25, 0.3) is 0 Å². The molecular weight excluding hydrogens is 346 g/mol. The number of carboxylic acid groups (broad SMARTS) is 1. The SMILES string of the molecule is O=C(O)C12CCCCC(CC1)[C@H]2NS(=O)(=O)c1ccc(Cl)s1. The van der Waals surface area contributed by atoms with E-state index in [4.69, 9.17) is 11.6 Å². The number of nitrogens with one attached hydrogen (secondary N) is 1. The molecule has 3 atom stereocenters. The highest BCUT2D eigenvalue weighted by atomic mass is 35.5. The second-order valence-electron chi connectivity index (χ2n) is 6.16. The quantitative estimate of drug-likeness (QED) is 0.860. The molecule has 2 fully saturated rings. The predicted octanol–water partition coefficient (Wildman–Crippen LogP) is 3.10. The summed E-state index contributed by atoms with van der Waals surface area (Å²) in [6.45, 7) is 0. The van der Waals surface area contributed by atoms with Gasteiger partial charge in [-0.15, -0.1) is 11.3 Å². The number of thiophene rings is 1. The van der Waals surface area contributed by atoms with Crippen molar-refractivity contribution in [2.24, 2.45) is 11.3 Å². The number of aliphatic carboxylic acids is 1. The van der Waals surface area contributed by atoms with Gasteiger partial charge in [-0.1, -0.05) is 24.4 Å². The minimum absolute atomic E-state index is 0.101. The van der Waals surface area contributed by atoms with E-state index in [0.717, 1.165) is 37.0 Å². The summed E-state index contributed by atoms with van der Waals surface area (Å²) in [6, 6.07) is 2.47. The number of carboxylic acids is 1. The van der Waals surface area contributed by atoms with Crippen LogP contribution in [-0.2, 0) is 14.8 Å². The van der Waals surface area contributed by atoms with Crippen molar-refractivity contribution in [1.29, 1.82) is 0 Å². The average Bonchev–Trinajstić information content (AvgIpc) is 2.93. The number of carbonyl (C=O) groups is 1. The summed E-state index contributed by atoms with van der Waals surface area (Å²) in [5, 5.41) is 9.73. The van der Waals surface area contributed by atoms with E-state index < -0.39 is 27.4 Å². The maximum Gasteiger partial charge on any atom is 0.311 e. The second-order valence-corrected chi connectivity index (χ2v) is 9.82. The fraction of sp³-hybridized carbons (Fsp3) is 0.643. The molecule has 8 heteroatoms. The number of rotatable bonds is 4. The molecule has 22 heavy (non-hydrogen) atoms. The van der Waals surface area contributed by atoms with E-state index in [9.17, 15) is 18.3 Å². The van der Waals surface area contributed by atoms with E-state index in [1.54, 1.807) is 0 Å². The van der Waals surface area contributed by atoms with Crippen molar-refractivity contribution < 1.29 is 18.3 Å². The number of halogens is 1. The van der Waals surface area contributed by atoms with Gasteiger partial charge in [0.2, 0.25) is 10.0 Å². The molecule has 1 aromatic heterocycles. The third-order valence-corrected chi connectivity index (χ3v) is 8.16. The fourth-order valence-corrected chi connectivity index (χ4v) is 6.76. The Hall–Kier alpha value is -0.630. The number of hydrogen-bond donors (Lipinski definition) is 2. The molecule has 2 aliphatic carbocycles. The smallest absolute Gasteiger partial charge is 0.311 e. The summed E-state index contributed by atoms with van der Waals surface area (Å²) >= 11 is 6.80. The maximum atomic E-state index is 12.6. The monoisotopic (exact) mass is 363 g/mol. The van der Waals surface area contributed by atoms with Crippen molar-refractivity contribution in [2.45, 2.75) is 48.8 Å². The first-order valence-corrected chi connectivity index (χ1v) is 10.0. The van der Waals surface area contributed by atoms with Crippen molar-refractivity contribution in [3.05, 3.63) is 16.5 Å². The molecule has 5 nitrogen and oxygen atoms in total. The molecule has 1 heterocycles. The molecule has 0 saturated heterocycles. The zero-order valence-corrected chi connectivity index (χ0v) is 14.3. The topological polar surface area (TPSA) is 83.5 Å². The van der Waals surface area contributed by atoms with Crippen LogP contribution in [0.1, 0.15) is 38.5 Å². The molecule has 2 saturated carbocycles. The lowest BCUT2D eigenvalue weighted by molar-refractivity contribution is -0.150. The van der Waals surface area contributed by atoms with Crippen LogP contribution in [0.4, 0.5) is 0 Å². The largest absolute Gasteiger partial charge is 0.481 e. The van der Waals surface area contributed by atoms with Crippen LogP contribution in [0.5, 0.6) is 0 Å². The van der Waals surface area contributed by atoms with Gasteiger partial charge in [-0.3, -0.25) is 4.79 Å². The molecular formula is C14H18ClNO4S2. The molecule has 0 radical (unpaired) electrons. The van der Waals surface area contributed by atoms with Crippen LogP contribution in [-0.4, -0.2) is 25.5 Å². The van der Waals surface area contributed by atoms with E-state index in [0.29, 0.717) is 17.2 Å². The Labute approximate surface area is 138 Å². The molecule has 0 aliphatic heterocycles. The van der Waals surface area contributed by atoms with E-state index >= 15 is 0 Å². The molecule has 1 aromatic rings. The van der Waals surface area contributed by atoms with Crippen LogP contribution in [0.2, 0.25) is 4.34 Å². The Bertz CT molecular complexity index is 687. The molecule has 122 valence electrons. The summed E-state index contributed by atoms with van der Waals surface area (Å²) in [5.74, 6) is -0.780. The van der Waals surface area contributed by atoms with Gasteiger partial charge >= 0.3 is 5.97 Å². The van der Waals surface area contributed by atoms with Gasteiger partial charge in [0.25, 0.3) is 0 Å². The standard InChI is InChI=1S/C14H18ClNO4S2/c15-10-4-5-11(21-10)22(19,20)16-12-9-3-1-2-7-14(12,8-6-9)13(17)18/h4-5,9,12,16H,1-3,6-8H2,(H,17,18)/t9?,12-,14?/m1/s1. The van der Waals surface area contributed by atoms with Gasteiger partial charge < -0.3 is 5.11 Å². The van der Waals surface area contributed by atoms with Crippen LogP contribution >= 0.6 is 22.9 Å². The van der Waals surface area contributed by atoms with Gasteiger partial charge in [-0.05, 0) is 43.7 Å². The molecule has 0 spiro atoms. The normalized spacial score (nSPS) is 31.9. The van der Waals surface area contributed by atoms with Crippen molar-refractivity contribution in [2.75, 3.05) is 0 Å². The van der Waals surface area contributed by atoms with Gasteiger partial charge in [0.15, 0.2) is 0 Å². The van der Waals surface area contributed by atoms with Gasteiger partial charge in [-0.2, -0.15) is 0 Å². The third kappa shape index (κ3) is 2.68. The summed E-state index contributed by atoms with van der Waals surface area (Å²) in [4.78, 5) is 11.9. The average molecular weight is 364 g/mol. The molecule has 2 bridgehead atoms. The molecule has 0 aromatic carbocycles. The Kier molecular flexibility index (Phi) is 4.26. The fourth-order valence-electron chi connectivity index (χ4n) is 3.88. The highest BCUT2D eigenvalue weighted by molar-refractivity contribution is 7.91. The van der Waals surface area contributed by atoms with Crippen LogP contribution < -0.4 is 4.72 Å². The van der Waals surface area contributed by atoms with Crippen molar-refractivity contribution in [3.8, 4) is 0 Å². The minimum atomic E-state index is -3.73. The highest BCUT2D eigenvalue weighted by Crippen LogP contribution is 2.50. The highest BCUT2D eigenvalue weighted by Gasteiger charge is 2.55. The Morgan fingerprint density at radius 3 is 2.73 bits per heavy atom. The van der Waals surface area contributed by atoms with E-state index in [1.165, 1.54) is 12.1 Å². The molecule has 0 amide bonds.